The van der Waals surface area contributed by atoms with Gasteiger partial charge in [-0.2, -0.15) is 0 Å². The Morgan fingerprint density at radius 1 is 1.52 bits per heavy atom. The van der Waals surface area contributed by atoms with E-state index in [0.717, 1.165) is 16.2 Å². The molecule has 23 heavy (non-hydrogen) atoms. The van der Waals surface area contributed by atoms with E-state index in [1.54, 1.807) is 13.0 Å². The minimum atomic E-state index is -1.72. The molecule has 0 radical (unpaired) electrons. The van der Waals surface area contributed by atoms with E-state index in [1.165, 1.54) is 12.4 Å². The van der Waals surface area contributed by atoms with Gasteiger partial charge in [-0.15, -0.1) is 0 Å². The number of thiazole rings is 1. The summed E-state index contributed by atoms with van der Waals surface area (Å²) in [5.74, 6) is -0.409. The molecule has 1 amide bonds. The molecule has 0 saturated carbocycles. The van der Waals surface area contributed by atoms with E-state index >= 15 is 0 Å². The molecule has 1 atom stereocenters. The minimum absolute atomic E-state index is 0.208. The summed E-state index contributed by atoms with van der Waals surface area (Å²) in [6, 6.07) is 0. The smallest absolute Gasteiger partial charge is 0.418 e. The zero-order valence-corrected chi connectivity index (χ0v) is 14.8. The molecule has 0 spiro atoms. The van der Waals surface area contributed by atoms with Crippen LogP contribution in [0, 0.1) is 6.92 Å². The standard InChI is InChI=1S/C13H11Cl3N2O4S/c1-7-10(23-11(20)17-7)9-2-3-18(4-8(9)5-19)12(21)22-6-13(14,15)16/h2-5,9H,6H2,1H3,(H,17,20). The number of nitrogens with zero attached hydrogens (tertiary/aromatic N) is 1. The van der Waals surface area contributed by atoms with E-state index in [1.807, 2.05) is 0 Å². The summed E-state index contributed by atoms with van der Waals surface area (Å²) in [4.78, 5) is 38.8. The Kier molecular flexibility index (Phi) is 5.57. The van der Waals surface area contributed by atoms with Gasteiger partial charge in [-0.05, 0) is 6.92 Å². The second-order valence-corrected chi connectivity index (χ2v) is 8.18. The quantitative estimate of drug-likeness (QED) is 0.627. The van der Waals surface area contributed by atoms with Crippen molar-refractivity contribution >= 4 is 58.5 Å². The van der Waals surface area contributed by atoms with E-state index in [2.05, 4.69) is 4.98 Å². The molecular weight excluding hydrogens is 387 g/mol. The predicted octanol–water partition coefficient (Wildman–Crippen LogP) is 3.25. The molecule has 1 aliphatic heterocycles. The van der Waals surface area contributed by atoms with Gasteiger partial charge in [-0.3, -0.25) is 14.5 Å². The maximum absolute atomic E-state index is 11.9. The van der Waals surface area contributed by atoms with Gasteiger partial charge in [0.05, 0.1) is 0 Å². The lowest BCUT2D eigenvalue weighted by atomic mass is 9.96. The van der Waals surface area contributed by atoms with Crippen LogP contribution < -0.4 is 4.87 Å². The van der Waals surface area contributed by atoms with Crippen LogP contribution in [-0.2, 0) is 9.53 Å². The van der Waals surface area contributed by atoms with Crippen molar-refractivity contribution in [2.45, 2.75) is 16.6 Å². The van der Waals surface area contributed by atoms with Crippen molar-refractivity contribution in [3.8, 4) is 0 Å². The van der Waals surface area contributed by atoms with Gasteiger partial charge in [-0.25, -0.2) is 4.79 Å². The second kappa shape index (κ2) is 7.09. The molecule has 0 saturated heterocycles. The molecule has 2 rings (SSSR count). The lowest BCUT2D eigenvalue weighted by molar-refractivity contribution is -0.105. The van der Waals surface area contributed by atoms with E-state index < -0.39 is 22.4 Å². The van der Waals surface area contributed by atoms with Crippen molar-refractivity contribution in [1.82, 2.24) is 9.88 Å². The van der Waals surface area contributed by atoms with Gasteiger partial charge in [-0.1, -0.05) is 52.2 Å². The molecule has 1 aromatic heterocycles. The van der Waals surface area contributed by atoms with Crippen LogP contribution in [-0.4, -0.2) is 32.7 Å². The predicted molar refractivity (Wildman–Crippen MR) is 89.2 cm³/mol. The van der Waals surface area contributed by atoms with Crippen LogP contribution in [0.2, 0.25) is 0 Å². The van der Waals surface area contributed by atoms with Crippen molar-refractivity contribution in [1.29, 1.82) is 0 Å². The third kappa shape index (κ3) is 4.60. The zero-order chi connectivity index (χ0) is 17.2. The summed E-state index contributed by atoms with van der Waals surface area (Å²) in [5.41, 5.74) is 0.978. The number of ether oxygens (including phenoxy) is 1. The number of hydrogen-bond donors (Lipinski definition) is 1. The van der Waals surface area contributed by atoms with Gasteiger partial charge in [0.25, 0.3) is 0 Å². The molecule has 6 nitrogen and oxygen atoms in total. The number of nitrogens with one attached hydrogen (secondary N) is 1. The normalized spacial score (nSPS) is 17.8. The number of aryl methyl sites for hydroxylation is 1. The first kappa shape index (κ1) is 18.1. The summed E-state index contributed by atoms with van der Waals surface area (Å²) in [5, 5.41) is 0. The molecule has 0 fully saturated rings. The van der Waals surface area contributed by atoms with E-state index in [9.17, 15) is 14.4 Å². The molecule has 0 aliphatic carbocycles. The summed E-state index contributed by atoms with van der Waals surface area (Å²) in [7, 11) is 0. The highest BCUT2D eigenvalue weighted by Crippen LogP contribution is 2.32. The topological polar surface area (TPSA) is 79.5 Å². The number of alkyl halides is 3. The highest BCUT2D eigenvalue weighted by Gasteiger charge is 2.27. The number of aldehydes is 1. The van der Waals surface area contributed by atoms with E-state index in [4.69, 9.17) is 39.5 Å². The monoisotopic (exact) mass is 396 g/mol. The number of aromatic nitrogens is 1. The van der Waals surface area contributed by atoms with Crippen molar-refractivity contribution in [3.05, 3.63) is 44.3 Å². The average molecular weight is 398 g/mol. The Hall–Kier alpha value is -1.28. The van der Waals surface area contributed by atoms with E-state index in [-0.39, 0.29) is 4.87 Å². The maximum atomic E-state index is 11.9. The van der Waals surface area contributed by atoms with Gasteiger partial charge in [0.2, 0.25) is 3.79 Å². The maximum Gasteiger partial charge on any atom is 0.418 e. The van der Waals surface area contributed by atoms with Crippen LogP contribution >= 0.6 is 46.1 Å². The molecule has 1 unspecified atom stereocenters. The van der Waals surface area contributed by atoms with Crippen LogP contribution in [0.25, 0.3) is 0 Å². The lowest BCUT2D eigenvalue weighted by Gasteiger charge is -2.23. The number of allylic oxidation sites excluding steroid dienone is 2. The molecular formula is C13H11Cl3N2O4S. The van der Waals surface area contributed by atoms with Crippen LogP contribution in [0.3, 0.4) is 0 Å². The third-order valence-corrected chi connectivity index (χ3v) is 4.33. The van der Waals surface area contributed by atoms with E-state index in [0.29, 0.717) is 22.4 Å². The number of aromatic amines is 1. The van der Waals surface area contributed by atoms with Crippen molar-refractivity contribution in [3.63, 3.8) is 0 Å². The molecule has 10 heteroatoms. The second-order valence-electron chi connectivity index (χ2n) is 4.65. The van der Waals surface area contributed by atoms with Crippen LogP contribution in [0.1, 0.15) is 16.5 Å². The fourth-order valence-electron chi connectivity index (χ4n) is 1.96. The highest BCUT2D eigenvalue weighted by atomic mass is 35.6. The highest BCUT2D eigenvalue weighted by molar-refractivity contribution is 7.09. The average Bonchev–Trinajstić information content (AvgIpc) is 2.81. The number of H-pyrrole nitrogens is 1. The summed E-state index contributed by atoms with van der Waals surface area (Å²) in [6.45, 7) is 1.32. The Morgan fingerprint density at radius 3 is 2.74 bits per heavy atom. The first-order chi connectivity index (χ1) is 10.7. The fourth-order valence-corrected chi connectivity index (χ4v) is 3.07. The number of carbonyl (C=O) groups is 2. The number of rotatable bonds is 3. The lowest BCUT2D eigenvalue weighted by Crippen LogP contribution is -2.28. The SMILES string of the molecule is Cc1[nH]c(=O)sc1C1C=CN(C(=O)OCC(Cl)(Cl)Cl)C=C1C=O. The van der Waals surface area contributed by atoms with Crippen molar-refractivity contribution in [2.24, 2.45) is 0 Å². The van der Waals surface area contributed by atoms with Gasteiger partial charge in [0.1, 0.15) is 12.9 Å². The molecule has 1 N–H and O–H groups in total. The Labute approximate surface area is 150 Å². The van der Waals surface area contributed by atoms with Crippen LogP contribution in [0.5, 0.6) is 0 Å². The largest absolute Gasteiger partial charge is 0.444 e. The first-order valence-corrected chi connectivity index (χ1v) is 8.23. The summed E-state index contributed by atoms with van der Waals surface area (Å²) < 4.78 is 3.11. The number of hydrogen-bond acceptors (Lipinski definition) is 5. The fraction of sp³-hybridized carbons (Fsp3) is 0.308. The van der Waals surface area contributed by atoms with Crippen molar-refractivity contribution in [2.75, 3.05) is 6.61 Å². The van der Waals surface area contributed by atoms with Gasteiger partial charge in [0.15, 0.2) is 0 Å². The number of amides is 1. The Bertz CT molecular complexity index is 732. The summed E-state index contributed by atoms with van der Waals surface area (Å²) >= 11 is 17.5. The van der Waals surface area contributed by atoms with Gasteiger partial charge >= 0.3 is 11.0 Å². The Morgan fingerprint density at radius 2 is 2.22 bits per heavy atom. The molecule has 1 aromatic rings. The van der Waals surface area contributed by atoms with Crippen LogP contribution in [0.4, 0.5) is 4.79 Å². The molecule has 1 aliphatic rings. The number of halogens is 3. The molecule has 0 aromatic carbocycles. The minimum Gasteiger partial charge on any atom is -0.444 e. The Balaban J connectivity index is 2.18. The zero-order valence-electron chi connectivity index (χ0n) is 11.7. The molecule has 2 heterocycles. The van der Waals surface area contributed by atoms with Crippen LogP contribution in [0.15, 0.2) is 28.8 Å². The molecule has 124 valence electrons. The molecule has 0 bridgehead atoms. The summed E-state index contributed by atoms with van der Waals surface area (Å²) in [6.07, 6.45) is 4.20. The van der Waals surface area contributed by atoms with Gasteiger partial charge in [0, 0.05) is 34.5 Å². The number of carbonyl (C=O) groups excluding carboxylic acids is 2. The van der Waals surface area contributed by atoms with Gasteiger partial charge < -0.3 is 9.72 Å². The van der Waals surface area contributed by atoms with Crippen molar-refractivity contribution < 1.29 is 14.3 Å². The first-order valence-electron chi connectivity index (χ1n) is 6.28. The third-order valence-electron chi connectivity index (χ3n) is 2.94.